The van der Waals surface area contributed by atoms with Crippen LogP contribution in [0.3, 0.4) is 0 Å². The van der Waals surface area contributed by atoms with E-state index in [4.69, 9.17) is 21.1 Å². The molecule has 0 atom stereocenters. The van der Waals surface area contributed by atoms with Crippen molar-refractivity contribution in [2.24, 2.45) is 0 Å². The number of rotatable bonds is 4. The van der Waals surface area contributed by atoms with Crippen LogP contribution in [0, 0.1) is 11.8 Å². The molecule has 1 N–H and O–H groups in total. The Balaban J connectivity index is 2.00. The van der Waals surface area contributed by atoms with Crippen molar-refractivity contribution in [2.75, 3.05) is 13.7 Å². The fraction of sp³-hybridized carbons (Fsp3) is 0.267. The molecule has 0 aliphatic heterocycles. The van der Waals surface area contributed by atoms with Crippen molar-refractivity contribution >= 4 is 28.8 Å². The van der Waals surface area contributed by atoms with Crippen LogP contribution in [-0.2, 0) is 6.54 Å². The van der Waals surface area contributed by atoms with Gasteiger partial charge in [0.2, 0.25) is 5.22 Å². The number of thiophene rings is 1. The third kappa shape index (κ3) is 4.11. The lowest BCUT2D eigenvalue weighted by atomic mass is 10.2. The molecule has 2 aromatic heterocycles. The van der Waals surface area contributed by atoms with Gasteiger partial charge in [0, 0.05) is 29.3 Å². The summed E-state index contributed by atoms with van der Waals surface area (Å²) in [6, 6.07) is 3.50. The molecule has 21 heavy (non-hydrogen) atoms. The lowest BCUT2D eigenvalue weighted by molar-refractivity contribution is 0.0786. The van der Waals surface area contributed by atoms with Gasteiger partial charge in [-0.1, -0.05) is 11.8 Å². The number of aliphatic hydroxyl groups excluding tert-OH is 1. The summed E-state index contributed by atoms with van der Waals surface area (Å²) in [6.45, 7) is 0.541. The first kappa shape index (κ1) is 15.6. The molecule has 0 aliphatic rings. The van der Waals surface area contributed by atoms with Crippen molar-refractivity contribution in [3.8, 4) is 11.8 Å². The van der Waals surface area contributed by atoms with Crippen molar-refractivity contribution in [3.63, 3.8) is 0 Å². The van der Waals surface area contributed by atoms with Gasteiger partial charge in [-0.2, -0.15) is 0 Å². The molecule has 0 saturated carbocycles. The Bertz CT molecular complexity index is 680. The topological polar surface area (TPSA) is 53.7 Å². The second-order valence-corrected chi connectivity index (χ2v) is 5.69. The Hall–Kier alpha value is -1.74. The predicted octanol–water partition coefficient (Wildman–Crippen LogP) is 3.00. The molecule has 110 valence electrons. The summed E-state index contributed by atoms with van der Waals surface area (Å²) in [4.78, 5) is 14.8. The molecule has 1 amide bonds. The first-order valence-electron chi connectivity index (χ1n) is 6.27. The van der Waals surface area contributed by atoms with E-state index in [1.807, 2.05) is 11.4 Å². The Morgan fingerprint density at radius 2 is 2.38 bits per heavy atom. The van der Waals surface area contributed by atoms with E-state index < -0.39 is 0 Å². The fourth-order valence-electron chi connectivity index (χ4n) is 1.71. The third-order valence-electron chi connectivity index (χ3n) is 2.71. The summed E-state index contributed by atoms with van der Waals surface area (Å²) >= 11 is 7.35. The van der Waals surface area contributed by atoms with Gasteiger partial charge in [0.1, 0.15) is 0 Å². The second kappa shape index (κ2) is 7.32. The predicted molar refractivity (Wildman–Crippen MR) is 82.4 cm³/mol. The van der Waals surface area contributed by atoms with Gasteiger partial charge in [-0.05, 0) is 23.7 Å². The van der Waals surface area contributed by atoms with Gasteiger partial charge in [-0.25, -0.2) is 0 Å². The molecule has 2 heterocycles. The van der Waals surface area contributed by atoms with Gasteiger partial charge in [0.25, 0.3) is 5.91 Å². The monoisotopic (exact) mass is 323 g/mol. The first-order valence-corrected chi connectivity index (χ1v) is 7.53. The standard InChI is InChI=1S/C15H14ClNO3S/c1-17(15(19)13-5-7-20-14(13)16)9-12-8-11(10-21-12)4-2-3-6-18/h5,7-8,10,18H,3,6,9H2,1H3. The maximum absolute atomic E-state index is 12.2. The summed E-state index contributed by atoms with van der Waals surface area (Å²) in [5, 5.41) is 10.7. The Kier molecular flexibility index (Phi) is 5.45. The van der Waals surface area contributed by atoms with Crippen LogP contribution in [-0.4, -0.2) is 29.6 Å². The minimum atomic E-state index is -0.185. The Morgan fingerprint density at radius 1 is 1.57 bits per heavy atom. The normalized spacial score (nSPS) is 10.0. The summed E-state index contributed by atoms with van der Waals surface area (Å²) in [5.41, 5.74) is 1.25. The van der Waals surface area contributed by atoms with Crippen LogP contribution in [0.4, 0.5) is 0 Å². The fourth-order valence-corrected chi connectivity index (χ4v) is 2.77. The molecule has 0 spiro atoms. The molecule has 0 aromatic carbocycles. The molecule has 0 saturated heterocycles. The second-order valence-electron chi connectivity index (χ2n) is 4.35. The molecule has 2 aromatic rings. The third-order valence-corrected chi connectivity index (χ3v) is 3.93. The first-order chi connectivity index (χ1) is 10.1. The summed E-state index contributed by atoms with van der Waals surface area (Å²) in [7, 11) is 1.71. The minimum Gasteiger partial charge on any atom is -0.452 e. The number of halogens is 1. The van der Waals surface area contributed by atoms with E-state index in [2.05, 4.69) is 11.8 Å². The van der Waals surface area contributed by atoms with E-state index in [1.54, 1.807) is 18.0 Å². The van der Waals surface area contributed by atoms with Crippen molar-refractivity contribution in [1.29, 1.82) is 0 Å². The van der Waals surface area contributed by atoms with E-state index in [0.29, 0.717) is 18.5 Å². The van der Waals surface area contributed by atoms with E-state index >= 15 is 0 Å². The molecule has 0 fully saturated rings. The highest BCUT2D eigenvalue weighted by Gasteiger charge is 2.17. The number of hydrogen-bond acceptors (Lipinski definition) is 4. The van der Waals surface area contributed by atoms with Crippen molar-refractivity contribution in [2.45, 2.75) is 13.0 Å². The lowest BCUT2D eigenvalue weighted by Gasteiger charge is -2.15. The van der Waals surface area contributed by atoms with E-state index in [-0.39, 0.29) is 17.7 Å². The maximum atomic E-state index is 12.2. The number of carbonyl (C=O) groups excluding carboxylic acids is 1. The molecule has 0 unspecified atom stereocenters. The van der Waals surface area contributed by atoms with Crippen LogP contribution in [0.2, 0.25) is 5.22 Å². The highest BCUT2D eigenvalue weighted by molar-refractivity contribution is 7.10. The number of furan rings is 1. The summed E-state index contributed by atoms with van der Waals surface area (Å²) < 4.78 is 4.93. The van der Waals surface area contributed by atoms with Gasteiger partial charge in [-0.3, -0.25) is 4.79 Å². The quantitative estimate of drug-likeness (QED) is 0.880. The van der Waals surface area contributed by atoms with Crippen LogP contribution in [0.25, 0.3) is 0 Å². The highest BCUT2D eigenvalue weighted by atomic mass is 35.5. The summed E-state index contributed by atoms with van der Waals surface area (Å²) in [5.74, 6) is 5.65. The van der Waals surface area contributed by atoms with Crippen LogP contribution in [0.5, 0.6) is 0 Å². The average Bonchev–Trinajstić information content (AvgIpc) is 3.07. The average molecular weight is 324 g/mol. The summed E-state index contributed by atoms with van der Waals surface area (Å²) in [6.07, 6.45) is 1.85. The number of amides is 1. The van der Waals surface area contributed by atoms with Gasteiger partial charge >= 0.3 is 0 Å². The number of hydrogen-bond donors (Lipinski definition) is 1. The lowest BCUT2D eigenvalue weighted by Crippen LogP contribution is -2.25. The van der Waals surface area contributed by atoms with E-state index in [0.717, 1.165) is 10.4 Å². The maximum Gasteiger partial charge on any atom is 0.258 e. The van der Waals surface area contributed by atoms with E-state index in [1.165, 1.54) is 17.6 Å². The Morgan fingerprint density at radius 3 is 3.05 bits per heavy atom. The van der Waals surface area contributed by atoms with Crippen molar-refractivity contribution < 1.29 is 14.3 Å². The SMILES string of the molecule is CN(Cc1cc(C#CCCO)cs1)C(=O)c1ccoc1Cl. The van der Waals surface area contributed by atoms with Crippen molar-refractivity contribution in [3.05, 3.63) is 45.0 Å². The molecule has 0 aliphatic carbocycles. The number of nitrogens with zero attached hydrogens (tertiary/aromatic N) is 1. The van der Waals surface area contributed by atoms with Crippen LogP contribution in [0.15, 0.2) is 28.2 Å². The Labute approximate surface area is 131 Å². The zero-order chi connectivity index (χ0) is 15.2. The minimum absolute atomic E-state index is 0.0622. The molecular weight excluding hydrogens is 310 g/mol. The number of carbonyl (C=O) groups is 1. The van der Waals surface area contributed by atoms with Crippen LogP contribution in [0.1, 0.15) is 27.2 Å². The largest absolute Gasteiger partial charge is 0.452 e. The highest BCUT2D eigenvalue weighted by Crippen LogP contribution is 2.21. The van der Waals surface area contributed by atoms with Gasteiger partial charge in [0.05, 0.1) is 25.0 Å². The smallest absolute Gasteiger partial charge is 0.258 e. The zero-order valence-electron chi connectivity index (χ0n) is 11.4. The molecule has 0 radical (unpaired) electrons. The molecule has 4 nitrogen and oxygen atoms in total. The zero-order valence-corrected chi connectivity index (χ0v) is 13.0. The van der Waals surface area contributed by atoms with E-state index in [9.17, 15) is 4.79 Å². The molecular formula is C15H14ClNO3S. The van der Waals surface area contributed by atoms with Crippen LogP contribution < -0.4 is 0 Å². The van der Waals surface area contributed by atoms with Crippen molar-refractivity contribution in [1.82, 2.24) is 4.90 Å². The molecule has 2 rings (SSSR count). The number of aliphatic hydroxyl groups is 1. The van der Waals surface area contributed by atoms with Gasteiger partial charge < -0.3 is 14.4 Å². The molecule has 0 bridgehead atoms. The van der Waals surface area contributed by atoms with Gasteiger partial charge in [-0.15, -0.1) is 11.3 Å². The van der Waals surface area contributed by atoms with Crippen LogP contribution >= 0.6 is 22.9 Å². The molecule has 6 heteroatoms. The van der Waals surface area contributed by atoms with Gasteiger partial charge in [0.15, 0.2) is 0 Å².